The highest BCUT2D eigenvalue weighted by atomic mass is 19.1. The lowest BCUT2D eigenvalue weighted by Gasteiger charge is -2.32. The van der Waals surface area contributed by atoms with Crippen LogP contribution >= 0.6 is 0 Å². The van der Waals surface area contributed by atoms with Gasteiger partial charge in [0.25, 0.3) is 0 Å². The largest absolute Gasteiger partial charge is 0.497 e. The number of piperazine rings is 1. The van der Waals surface area contributed by atoms with Crippen molar-refractivity contribution in [2.24, 2.45) is 0 Å². The number of anilines is 1. The minimum atomic E-state index is -0.616. The van der Waals surface area contributed by atoms with Crippen LogP contribution in [0.15, 0.2) is 82.3 Å². The molecule has 0 saturated carbocycles. The van der Waals surface area contributed by atoms with Crippen LogP contribution in [0.3, 0.4) is 0 Å². The Labute approximate surface area is 264 Å². The van der Waals surface area contributed by atoms with Crippen LogP contribution in [-0.2, 0) is 6.54 Å². The van der Waals surface area contributed by atoms with Crippen molar-refractivity contribution in [1.82, 2.24) is 29.5 Å². The molecule has 0 bridgehead atoms. The smallest absolute Gasteiger partial charge is 0.343 e. The minimum Gasteiger partial charge on any atom is -0.497 e. The number of nitrogens with zero attached hydrogens (tertiary/aromatic N) is 6. The van der Waals surface area contributed by atoms with Crippen molar-refractivity contribution >= 4 is 27.6 Å². The number of ether oxygens (including phenoxy) is 1. The summed E-state index contributed by atoms with van der Waals surface area (Å²) in [5.41, 5.74) is 10.1. The van der Waals surface area contributed by atoms with E-state index in [1.165, 1.54) is 31.1 Å². The Balaban J connectivity index is 1.40. The number of fused-ring (bicyclic) bond motifs is 2. The number of hydrogen-bond donors (Lipinski definition) is 1. The summed E-state index contributed by atoms with van der Waals surface area (Å²) in [7, 11) is 3.62. The molecule has 6 aromatic rings. The average molecular weight is 620 g/mol. The predicted octanol–water partition coefficient (Wildman–Crippen LogP) is 5.35. The van der Waals surface area contributed by atoms with Crippen molar-refractivity contribution in [3.8, 4) is 28.1 Å². The van der Waals surface area contributed by atoms with Crippen molar-refractivity contribution in [2.45, 2.75) is 19.5 Å². The molecule has 4 heterocycles. The molecule has 3 aromatic heterocycles. The van der Waals surface area contributed by atoms with E-state index >= 15 is 0 Å². The lowest BCUT2D eigenvalue weighted by atomic mass is 9.94. The summed E-state index contributed by atoms with van der Waals surface area (Å²) in [6.07, 6.45) is 1.36. The van der Waals surface area contributed by atoms with E-state index in [0.717, 1.165) is 49.2 Å². The van der Waals surface area contributed by atoms with E-state index < -0.39 is 17.5 Å². The predicted molar refractivity (Wildman–Crippen MR) is 176 cm³/mol. The molecule has 1 saturated heterocycles. The van der Waals surface area contributed by atoms with Crippen LogP contribution in [0.1, 0.15) is 24.3 Å². The summed E-state index contributed by atoms with van der Waals surface area (Å²) in [4.78, 5) is 26.9. The molecule has 1 aliphatic rings. The standard InChI is InChI=1S/C35H34FN7O3/c1-21(43-34-30(33(37)38-20-39-34)31(40-43)24-16-25(36)18-26(17-24)45-3)32-29(27-9-4-5-10-28(27)35(44)46-32)23-8-6-7-22(15-23)19-42-13-11-41(2)12-14-42/h4-10,15-18,20-21H,11-14,19H2,1-3H3,(H2,37,38,39). The van der Waals surface area contributed by atoms with Gasteiger partial charge in [-0.25, -0.2) is 23.8 Å². The summed E-state index contributed by atoms with van der Waals surface area (Å²) in [5, 5.41) is 6.62. The summed E-state index contributed by atoms with van der Waals surface area (Å²) in [6.45, 7) is 6.79. The summed E-state index contributed by atoms with van der Waals surface area (Å²) in [6, 6.07) is 19.6. The van der Waals surface area contributed by atoms with Gasteiger partial charge in [0.15, 0.2) is 5.65 Å². The van der Waals surface area contributed by atoms with Crippen LogP contribution in [-0.4, -0.2) is 69.9 Å². The maximum absolute atomic E-state index is 14.6. The molecule has 3 aromatic carbocycles. The molecular formula is C35H34FN7O3. The number of halogens is 1. The fourth-order valence-corrected chi connectivity index (χ4v) is 6.29. The van der Waals surface area contributed by atoms with Gasteiger partial charge in [0.2, 0.25) is 0 Å². The van der Waals surface area contributed by atoms with Crippen LogP contribution in [0.2, 0.25) is 0 Å². The van der Waals surface area contributed by atoms with Gasteiger partial charge in [-0.3, -0.25) is 4.90 Å². The number of aromatic nitrogens is 4. The third-order valence-electron chi connectivity index (χ3n) is 8.73. The minimum absolute atomic E-state index is 0.193. The monoisotopic (exact) mass is 619 g/mol. The Morgan fingerprint density at radius 3 is 2.54 bits per heavy atom. The SMILES string of the molecule is COc1cc(F)cc(-c2nn(C(C)c3oc(=O)c4ccccc4c3-c3cccc(CN4CCN(C)CC4)c3)c3ncnc(N)c23)c1. The highest BCUT2D eigenvalue weighted by Crippen LogP contribution is 2.39. The molecule has 1 aliphatic heterocycles. The van der Waals surface area contributed by atoms with E-state index in [0.29, 0.717) is 39.2 Å². The van der Waals surface area contributed by atoms with Crippen molar-refractivity contribution < 1.29 is 13.5 Å². The van der Waals surface area contributed by atoms with Crippen LogP contribution in [0.25, 0.3) is 44.2 Å². The fourth-order valence-electron chi connectivity index (χ4n) is 6.29. The van der Waals surface area contributed by atoms with E-state index in [-0.39, 0.29) is 5.82 Å². The Morgan fingerprint density at radius 1 is 0.978 bits per heavy atom. The average Bonchev–Trinajstić information content (AvgIpc) is 3.46. The van der Waals surface area contributed by atoms with Crippen LogP contribution in [0.5, 0.6) is 5.75 Å². The maximum Gasteiger partial charge on any atom is 0.343 e. The normalized spacial score (nSPS) is 15.0. The third-order valence-corrected chi connectivity index (χ3v) is 8.73. The van der Waals surface area contributed by atoms with E-state index in [9.17, 15) is 9.18 Å². The van der Waals surface area contributed by atoms with E-state index in [4.69, 9.17) is 20.0 Å². The Morgan fingerprint density at radius 2 is 1.76 bits per heavy atom. The zero-order chi connectivity index (χ0) is 31.9. The highest BCUT2D eigenvalue weighted by Gasteiger charge is 2.27. The second kappa shape index (κ2) is 12.0. The summed E-state index contributed by atoms with van der Waals surface area (Å²) >= 11 is 0. The molecule has 7 rings (SSSR count). The van der Waals surface area contributed by atoms with Gasteiger partial charge in [-0.15, -0.1) is 0 Å². The number of likely N-dealkylation sites (N-methyl/N-ethyl adjacent to an activating group) is 1. The molecule has 11 heteroatoms. The molecule has 0 spiro atoms. The molecule has 10 nitrogen and oxygen atoms in total. The second-order valence-corrected chi connectivity index (χ2v) is 11.8. The lowest BCUT2D eigenvalue weighted by Crippen LogP contribution is -2.43. The first-order valence-corrected chi connectivity index (χ1v) is 15.2. The number of hydrogen-bond acceptors (Lipinski definition) is 9. The number of nitrogen functional groups attached to an aromatic ring is 1. The Kier molecular flexibility index (Phi) is 7.71. The van der Waals surface area contributed by atoms with E-state index in [2.05, 4.69) is 38.9 Å². The molecule has 234 valence electrons. The first-order valence-electron chi connectivity index (χ1n) is 15.2. The van der Waals surface area contributed by atoms with Gasteiger partial charge >= 0.3 is 5.63 Å². The molecule has 0 aliphatic carbocycles. The molecule has 1 fully saturated rings. The van der Waals surface area contributed by atoms with Gasteiger partial charge in [0.1, 0.15) is 41.2 Å². The molecule has 0 amide bonds. The molecule has 1 unspecified atom stereocenters. The lowest BCUT2D eigenvalue weighted by molar-refractivity contribution is 0.148. The third kappa shape index (κ3) is 5.37. The second-order valence-electron chi connectivity index (χ2n) is 11.8. The Hall–Kier alpha value is -5.13. The van der Waals surface area contributed by atoms with Crippen LogP contribution < -0.4 is 16.1 Å². The molecule has 1 atom stereocenters. The topological polar surface area (TPSA) is 116 Å². The first kappa shape index (κ1) is 29.6. The quantitative estimate of drug-likeness (QED) is 0.252. The van der Waals surface area contributed by atoms with E-state index in [1.54, 1.807) is 16.8 Å². The van der Waals surface area contributed by atoms with Gasteiger partial charge in [0, 0.05) is 55.3 Å². The van der Waals surface area contributed by atoms with Crippen LogP contribution in [0, 0.1) is 5.82 Å². The Bertz CT molecular complexity index is 2140. The number of benzene rings is 3. The van der Waals surface area contributed by atoms with E-state index in [1.807, 2.05) is 37.3 Å². The van der Waals surface area contributed by atoms with Crippen molar-refractivity contribution in [3.05, 3.63) is 101 Å². The van der Waals surface area contributed by atoms with Crippen molar-refractivity contribution in [2.75, 3.05) is 46.1 Å². The van der Waals surface area contributed by atoms with Gasteiger partial charge in [0.05, 0.1) is 17.9 Å². The highest BCUT2D eigenvalue weighted by molar-refractivity contribution is 5.99. The number of methoxy groups -OCH3 is 1. The number of rotatable bonds is 7. The van der Waals surface area contributed by atoms with Crippen LogP contribution in [0.4, 0.5) is 10.2 Å². The first-order chi connectivity index (χ1) is 22.3. The summed E-state index contributed by atoms with van der Waals surface area (Å²) < 4.78 is 27.8. The van der Waals surface area contributed by atoms with Gasteiger partial charge in [-0.2, -0.15) is 5.10 Å². The molecule has 0 radical (unpaired) electrons. The maximum atomic E-state index is 14.6. The molecule has 2 N–H and O–H groups in total. The van der Waals surface area contributed by atoms with Gasteiger partial charge in [-0.1, -0.05) is 36.4 Å². The van der Waals surface area contributed by atoms with Crippen molar-refractivity contribution in [1.29, 1.82) is 0 Å². The van der Waals surface area contributed by atoms with Crippen molar-refractivity contribution in [3.63, 3.8) is 0 Å². The van der Waals surface area contributed by atoms with Gasteiger partial charge < -0.3 is 19.8 Å². The van der Waals surface area contributed by atoms with Gasteiger partial charge in [-0.05, 0) is 49.4 Å². The zero-order valence-corrected chi connectivity index (χ0v) is 25.9. The zero-order valence-electron chi connectivity index (χ0n) is 25.9. The molecular weight excluding hydrogens is 585 g/mol. The fraction of sp³-hybridized carbons (Fsp3) is 0.257. The molecule has 46 heavy (non-hydrogen) atoms. The summed E-state index contributed by atoms with van der Waals surface area (Å²) in [5.74, 6) is 0.462. The number of nitrogens with two attached hydrogens (primary N) is 1.